The Hall–Kier alpha value is -3.19. The molecule has 0 aliphatic carbocycles. The summed E-state index contributed by atoms with van der Waals surface area (Å²) in [6.45, 7) is 0.978. The SMILES string of the molecule is CN(C)CCN1C(=O)C(O)=C(C(=O)/C=C/c2ccco2)[C@@H]1c1ccncc1. The van der Waals surface area contributed by atoms with Gasteiger partial charge in [-0.1, -0.05) is 0 Å². The lowest BCUT2D eigenvalue weighted by molar-refractivity contribution is -0.129. The highest BCUT2D eigenvalue weighted by Crippen LogP contribution is 2.37. The van der Waals surface area contributed by atoms with E-state index in [9.17, 15) is 14.7 Å². The van der Waals surface area contributed by atoms with Crippen LogP contribution in [0.3, 0.4) is 0 Å². The number of amides is 1. The zero-order valence-corrected chi connectivity index (χ0v) is 15.2. The van der Waals surface area contributed by atoms with E-state index < -0.39 is 23.5 Å². The molecule has 0 aromatic carbocycles. The van der Waals surface area contributed by atoms with E-state index in [1.807, 2.05) is 19.0 Å². The van der Waals surface area contributed by atoms with Gasteiger partial charge in [-0.25, -0.2) is 0 Å². The Balaban J connectivity index is 1.95. The summed E-state index contributed by atoms with van der Waals surface area (Å²) in [6, 6.07) is 6.24. The smallest absolute Gasteiger partial charge is 0.290 e. The number of nitrogens with zero attached hydrogens (tertiary/aromatic N) is 3. The standard InChI is InChI=1S/C20H21N3O4/c1-22(2)11-12-23-18(14-7-9-21-10-8-14)17(19(25)20(23)26)16(24)6-5-15-4-3-13-27-15/h3-10,13,18,25H,11-12H2,1-2H3/b6-5+/t18-/m0/s1. The van der Waals surface area contributed by atoms with Crippen LogP contribution in [0.15, 0.2) is 64.7 Å². The highest BCUT2D eigenvalue weighted by Gasteiger charge is 2.42. The van der Waals surface area contributed by atoms with E-state index >= 15 is 0 Å². The molecule has 2 aromatic rings. The third-order valence-corrected chi connectivity index (χ3v) is 4.32. The minimum Gasteiger partial charge on any atom is -0.503 e. The van der Waals surface area contributed by atoms with Gasteiger partial charge in [0.25, 0.3) is 5.91 Å². The van der Waals surface area contributed by atoms with Crippen molar-refractivity contribution in [1.29, 1.82) is 0 Å². The summed E-state index contributed by atoms with van der Waals surface area (Å²) in [5.41, 5.74) is 0.781. The van der Waals surface area contributed by atoms with Crippen LogP contribution < -0.4 is 0 Å². The summed E-state index contributed by atoms with van der Waals surface area (Å²) in [6.07, 6.45) is 7.52. The molecule has 27 heavy (non-hydrogen) atoms. The first kappa shape index (κ1) is 18.6. The number of aliphatic hydroxyl groups excluding tert-OH is 1. The number of hydrogen-bond donors (Lipinski definition) is 1. The van der Waals surface area contributed by atoms with E-state index in [1.54, 1.807) is 36.7 Å². The fourth-order valence-electron chi connectivity index (χ4n) is 2.97. The molecule has 2 aromatic heterocycles. The van der Waals surface area contributed by atoms with Crippen molar-refractivity contribution in [2.45, 2.75) is 6.04 Å². The first-order valence-electron chi connectivity index (χ1n) is 8.53. The van der Waals surface area contributed by atoms with Gasteiger partial charge in [0.2, 0.25) is 0 Å². The molecule has 0 spiro atoms. The summed E-state index contributed by atoms with van der Waals surface area (Å²) in [4.78, 5) is 32.9. The summed E-state index contributed by atoms with van der Waals surface area (Å²) in [7, 11) is 3.79. The van der Waals surface area contributed by atoms with Gasteiger partial charge in [0.05, 0.1) is 17.9 Å². The van der Waals surface area contributed by atoms with Crippen molar-refractivity contribution >= 4 is 17.8 Å². The Morgan fingerprint density at radius 3 is 2.70 bits per heavy atom. The minimum absolute atomic E-state index is 0.0627. The molecule has 3 rings (SSSR count). The number of furan rings is 1. The summed E-state index contributed by atoms with van der Waals surface area (Å²) >= 11 is 0. The maximum atomic E-state index is 12.8. The molecule has 0 saturated heterocycles. The van der Waals surface area contributed by atoms with Crippen LogP contribution in [0.4, 0.5) is 0 Å². The maximum absolute atomic E-state index is 12.8. The molecule has 7 nitrogen and oxygen atoms in total. The van der Waals surface area contributed by atoms with Gasteiger partial charge in [0, 0.05) is 25.5 Å². The van der Waals surface area contributed by atoms with Crippen molar-refractivity contribution < 1.29 is 19.1 Å². The minimum atomic E-state index is -0.658. The Kier molecular flexibility index (Phi) is 5.52. The van der Waals surface area contributed by atoms with Gasteiger partial charge in [-0.3, -0.25) is 14.6 Å². The largest absolute Gasteiger partial charge is 0.503 e. The topological polar surface area (TPSA) is 86.9 Å². The van der Waals surface area contributed by atoms with E-state index in [0.29, 0.717) is 18.8 Å². The molecule has 1 atom stereocenters. The molecule has 0 bridgehead atoms. The number of rotatable bonds is 7. The van der Waals surface area contributed by atoms with E-state index in [1.165, 1.54) is 23.3 Å². The Bertz CT molecular complexity index is 870. The average Bonchev–Trinajstić information content (AvgIpc) is 3.26. The Labute approximate surface area is 157 Å². The zero-order valence-electron chi connectivity index (χ0n) is 15.2. The van der Waals surface area contributed by atoms with Crippen LogP contribution in [-0.2, 0) is 9.59 Å². The number of carbonyl (C=O) groups excluding carboxylic acids is 2. The van der Waals surface area contributed by atoms with Crippen molar-refractivity contribution in [2.75, 3.05) is 27.2 Å². The van der Waals surface area contributed by atoms with Gasteiger partial charge in [-0.2, -0.15) is 0 Å². The second kappa shape index (κ2) is 8.01. The van der Waals surface area contributed by atoms with Crippen LogP contribution in [0.5, 0.6) is 0 Å². The van der Waals surface area contributed by atoms with Crippen molar-refractivity contribution in [2.24, 2.45) is 0 Å². The van der Waals surface area contributed by atoms with E-state index in [4.69, 9.17) is 4.42 Å². The van der Waals surface area contributed by atoms with Crippen LogP contribution in [0, 0.1) is 0 Å². The third-order valence-electron chi connectivity index (χ3n) is 4.32. The number of hydrogen-bond acceptors (Lipinski definition) is 6. The Morgan fingerprint density at radius 1 is 1.33 bits per heavy atom. The van der Waals surface area contributed by atoms with Gasteiger partial charge in [0.15, 0.2) is 11.5 Å². The van der Waals surface area contributed by atoms with Gasteiger partial charge < -0.3 is 19.3 Å². The summed E-state index contributed by atoms with van der Waals surface area (Å²) < 4.78 is 5.18. The molecule has 0 saturated carbocycles. The predicted molar refractivity (Wildman–Crippen MR) is 99.6 cm³/mol. The fraction of sp³-hybridized carbons (Fsp3) is 0.250. The number of carbonyl (C=O) groups is 2. The first-order valence-corrected chi connectivity index (χ1v) is 8.53. The number of ketones is 1. The zero-order chi connectivity index (χ0) is 19.4. The first-order chi connectivity index (χ1) is 13.0. The third kappa shape index (κ3) is 3.98. The van der Waals surface area contributed by atoms with E-state index in [0.717, 1.165) is 5.56 Å². The lowest BCUT2D eigenvalue weighted by Crippen LogP contribution is -2.36. The number of aromatic nitrogens is 1. The van der Waals surface area contributed by atoms with Crippen molar-refractivity contribution in [3.05, 3.63) is 71.7 Å². The lowest BCUT2D eigenvalue weighted by Gasteiger charge is -2.27. The second-order valence-electron chi connectivity index (χ2n) is 6.46. The number of aliphatic hydroxyl groups is 1. The van der Waals surface area contributed by atoms with Crippen LogP contribution in [0.25, 0.3) is 6.08 Å². The molecule has 0 unspecified atom stereocenters. The molecule has 3 heterocycles. The molecule has 0 fully saturated rings. The molecule has 1 N–H and O–H groups in total. The summed E-state index contributed by atoms with van der Waals surface area (Å²) in [5, 5.41) is 10.4. The number of pyridine rings is 1. The highest BCUT2D eigenvalue weighted by atomic mass is 16.3. The average molecular weight is 367 g/mol. The van der Waals surface area contributed by atoms with Crippen LogP contribution in [-0.4, -0.2) is 58.8 Å². The highest BCUT2D eigenvalue weighted by molar-refractivity contribution is 6.14. The van der Waals surface area contributed by atoms with Crippen LogP contribution in [0.1, 0.15) is 17.4 Å². The maximum Gasteiger partial charge on any atom is 0.290 e. The fourth-order valence-corrected chi connectivity index (χ4v) is 2.97. The normalized spacial score (nSPS) is 17.5. The molecular weight excluding hydrogens is 346 g/mol. The van der Waals surface area contributed by atoms with Crippen molar-refractivity contribution in [3.8, 4) is 0 Å². The molecule has 7 heteroatoms. The molecule has 1 aliphatic rings. The van der Waals surface area contributed by atoms with Gasteiger partial charge >= 0.3 is 0 Å². The molecule has 1 amide bonds. The quantitative estimate of drug-likeness (QED) is 0.755. The van der Waals surface area contributed by atoms with Gasteiger partial charge in [-0.05, 0) is 56.1 Å². The van der Waals surface area contributed by atoms with Crippen LogP contribution in [0.2, 0.25) is 0 Å². The molecular formula is C20H21N3O4. The Morgan fingerprint density at radius 2 is 2.07 bits per heavy atom. The lowest BCUT2D eigenvalue weighted by atomic mass is 9.96. The van der Waals surface area contributed by atoms with E-state index in [-0.39, 0.29) is 5.57 Å². The summed E-state index contributed by atoms with van der Waals surface area (Å²) in [5.74, 6) is -0.984. The van der Waals surface area contributed by atoms with Crippen LogP contribution >= 0.6 is 0 Å². The monoisotopic (exact) mass is 367 g/mol. The van der Waals surface area contributed by atoms with Gasteiger partial charge in [-0.15, -0.1) is 0 Å². The van der Waals surface area contributed by atoms with E-state index in [2.05, 4.69) is 4.98 Å². The molecule has 140 valence electrons. The van der Waals surface area contributed by atoms with Crippen molar-refractivity contribution in [1.82, 2.24) is 14.8 Å². The van der Waals surface area contributed by atoms with Crippen molar-refractivity contribution in [3.63, 3.8) is 0 Å². The molecule has 1 aliphatic heterocycles. The van der Waals surface area contributed by atoms with Gasteiger partial charge in [0.1, 0.15) is 5.76 Å². The second-order valence-corrected chi connectivity index (χ2v) is 6.46. The predicted octanol–water partition coefficient (Wildman–Crippen LogP) is 2.21. The molecule has 0 radical (unpaired) electrons. The number of likely N-dealkylation sites (N-methyl/N-ethyl adjacent to an activating group) is 1. The number of allylic oxidation sites excluding steroid dienone is 1.